The normalized spacial score (nSPS) is 16.0. The zero-order valence-corrected chi connectivity index (χ0v) is 16.6. The van der Waals surface area contributed by atoms with Gasteiger partial charge in [-0.3, -0.25) is 14.5 Å². The van der Waals surface area contributed by atoms with E-state index < -0.39 is 0 Å². The van der Waals surface area contributed by atoms with Crippen LogP contribution >= 0.6 is 0 Å². The first kappa shape index (κ1) is 18.6. The number of hydrogen-bond donors (Lipinski definition) is 1. The molecule has 3 aromatic heterocycles. The summed E-state index contributed by atoms with van der Waals surface area (Å²) in [6.45, 7) is 6.35. The summed E-state index contributed by atoms with van der Waals surface area (Å²) in [7, 11) is 1.89. The molecule has 1 saturated heterocycles. The van der Waals surface area contributed by atoms with Crippen molar-refractivity contribution < 1.29 is 4.79 Å². The van der Waals surface area contributed by atoms with Crippen molar-refractivity contribution in [2.75, 3.05) is 18.4 Å². The van der Waals surface area contributed by atoms with Crippen molar-refractivity contribution in [3.8, 4) is 11.1 Å². The number of aromatic nitrogens is 4. The van der Waals surface area contributed by atoms with E-state index in [1.807, 2.05) is 31.7 Å². The number of aryl methyl sites for hydroxylation is 1. The molecule has 1 fully saturated rings. The minimum Gasteiger partial charge on any atom is -0.310 e. The number of rotatable bonds is 4. The first-order valence-corrected chi connectivity index (χ1v) is 9.79. The molecule has 0 aliphatic carbocycles. The summed E-state index contributed by atoms with van der Waals surface area (Å²) < 4.78 is 1.77. The monoisotopic (exact) mass is 378 g/mol. The van der Waals surface area contributed by atoms with Crippen LogP contribution in [-0.4, -0.2) is 49.7 Å². The molecule has 4 heterocycles. The fraction of sp³-hybridized carbons (Fsp3) is 0.429. The van der Waals surface area contributed by atoms with E-state index in [9.17, 15) is 4.79 Å². The first-order chi connectivity index (χ1) is 13.5. The number of pyridine rings is 2. The van der Waals surface area contributed by atoms with Crippen LogP contribution in [0.5, 0.6) is 0 Å². The second-order valence-corrected chi connectivity index (χ2v) is 7.78. The number of hydrogen-bond acceptors (Lipinski definition) is 5. The molecule has 1 aliphatic rings. The standard InChI is InChI=1S/C21H26N6O/c1-14(2)27-6-4-15(5-7-27)21(28)25-20-9-16-8-17(10-22-19(16)12-23-20)18-11-24-26(3)13-18/h8-15H,4-7H2,1-3H3,(H,23,25,28). The molecule has 28 heavy (non-hydrogen) atoms. The van der Waals surface area contributed by atoms with Gasteiger partial charge in [-0.25, -0.2) is 4.98 Å². The van der Waals surface area contributed by atoms with E-state index in [0.29, 0.717) is 11.9 Å². The van der Waals surface area contributed by atoms with Gasteiger partial charge in [0, 0.05) is 47.9 Å². The van der Waals surface area contributed by atoms with Crippen LogP contribution in [-0.2, 0) is 11.8 Å². The third kappa shape index (κ3) is 3.89. The van der Waals surface area contributed by atoms with Crippen LogP contribution in [0.3, 0.4) is 0 Å². The topological polar surface area (TPSA) is 75.9 Å². The van der Waals surface area contributed by atoms with Gasteiger partial charge in [-0.15, -0.1) is 0 Å². The van der Waals surface area contributed by atoms with E-state index in [1.54, 1.807) is 10.9 Å². The van der Waals surface area contributed by atoms with Crippen LogP contribution in [0.4, 0.5) is 5.82 Å². The third-order valence-corrected chi connectivity index (χ3v) is 5.49. The molecule has 0 aromatic carbocycles. The Hall–Kier alpha value is -2.80. The molecule has 1 aliphatic heterocycles. The number of nitrogens with one attached hydrogen (secondary N) is 1. The van der Waals surface area contributed by atoms with Gasteiger partial charge in [0.05, 0.1) is 17.9 Å². The van der Waals surface area contributed by atoms with Gasteiger partial charge in [0.25, 0.3) is 0 Å². The predicted octanol–water partition coefficient (Wildman–Crippen LogP) is 3.09. The molecule has 1 amide bonds. The lowest BCUT2D eigenvalue weighted by atomic mass is 9.95. The lowest BCUT2D eigenvalue weighted by Crippen LogP contribution is -2.41. The maximum Gasteiger partial charge on any atom is 0.228 e. The van der Waals surface area contributed by atoms with Crippen LogP contribution < -0.4 is 5.32 Å². The van der Waals surface area contributed by atoms with Crippen molar-refractivity contribution in [1.82, 2.24) is 24.6 Å². The molecule has 0 unspecified atom stereocenters. The lowest BCUT2D eigenvalue weighted by molar-refractivity contribution is -0.121. The molecule has 4 rings (SSSR count). The van der Waals surface area contributed by atoms with E-state index in [2.05, 4.69) is 45.2 Å². The van der Waals surface area contributed by atoms with Crippen LogP contribution in [0.1, 0.15) is 26.7 Å². The van der Waals surface area contributed by atoms with Crippen molar-refractivity contribution in [2.24, 2.45) is 13.0 Å². The Kier molecular flexibility index (Phi) is 5.09. The quantitative estimate of drug-likeness (QED) is 0.755. The molecule has 0 atom stereocenters. The number of fused-ring (bicyclic) bond motifs is 1. The molecule has 3 aromatic rings. The second kappa shape index (κ2) is 7.67. The Morgan fingerprint density at radius 2 is 1.89 bits per heavy atom. The highest BCUT2D eigenvalue weighted by Gasteiger charge is 2.26. The average molecular weight is 378 g/mol. The molecular formula is C21H26N6O. The summed E-state index contributed by atoms with van der Waals surface area (Å²) in [6, 6.07) is 4.48. The number of carbonyl (C=O) groups excluding carboxylic acids is 1. The minimum atomic E-state index is 0.0485. The van der Waals surface area contributed by atoms with Gasteiger partial charge in [-0.2, -0.15) is 5.10 Å². The fourth-order valence-corrected chi connectivity index (χ4v) is 3.73. The van der Waals surface area contributed by atoms with E-state index in [0.717, 1.165) is 48.0 Å². The van der Waals surface area contributed by atoms with Crippen molar-refractivity contribution >= 4 is 22.6 Å². The number of nitrogens with zero attached hydrogens (tertiary/aromatic N) is 5. The Morgan fingerprint density at radius 3 is 2.57 bits per heavy atom. The Labute approximate surface area is 164 Å². The lowest BCUT2D eigenvalue weighted by Gasteiger charge is -2.33. The summed E-state index contributed by atoms with van der Waals surface area (Å²) in [6.07, 6.45) is 9.09. The molecular weight excluding hydrogens is 352 g/mol. The Balaban J connectivity index is 1.49. The summed E-state index contributed by atoms with van der Waals surface area (Å²) in [5.41, 5.74) is 2.80. The van der Waals surface area contributed by atoms with Crippen molar-refractivity contribution in [3.63, 3.8) is 0 Å². The summed E-state index contributed by atoms with van der Waals surface area (Å²) in [5, 5.41) is 8.16. The maximum absolute atomic E-state index is 12.7. The second-order valence-electron chi connectivity index (χ2n) is 7.78. The van der Waals surface area contributed by atoms with Gasteiger partial charge >= 0.3 is 0 Å². The molecule has 0 bridgehead atoms. The van der Waals surface area contributed by atoms with Crippen LogP contribution in [0.2, 0.25) is 0 Å². The largest absolute Gasteiger partial charge is 0.310 e. The van der Waals surface area contributed by atoms with Crippen LogP contribution in [0.15, 0.2) is 36.9 Å². The van der Waals surface area contributed by atoms with Gasteiger partial charge < -0.3 is 10.2 Å². The molecule has 146 valence electrons. The molecule has 0 radical (unpaired) electrons. The predicted molar refractivity (Wildman–Crippen MR) is 110 cm³/mol. The first-order valence-electron chi connectivity index (χ1n) is 9.79. The smallest absolute Gasteiger partial charge is 0.228 e. The fourth-order valence-electron chi connectivity index (χ4n) is 3.73. The van der Waals surface area contributed by atoms with Gasteiger partial charge in [-0.05, 0) is 51.9 Å². The average Bonchev–Trinajstić information content (AvgIpc) is 3.14. The molecule has 7 heteroatoms. The highest BCUT2D eigenvalue weighted by atomic mass is 16.1. The number of likely N-dealkylation sites (tertiary alicyclic amines) is 1. The van der Waals surface area contributed by atoms with Crippen molar-refractivity contribution in [3.05, 3.63) is 36.9 Å². The van der Waals surface area contributed by atoms with E-state index in [1.165, 1.54) is 0 Å². The van der Waals surface area contributed by atoms with Gasteiger partial charge in [0.1, 0.15) is 5.82 Å². The Morgan fingerprint density at radius 1 is 1.11 bits per heavy atom. The van der Waals surface area contributed by atoms with Gasteiger partial charge in [-0.1, -0.05) is 0 Å². The van der Waals surface area contributed by atoms with E-state index in [4.69, 9.17) is 0 Å². The minimum absolute atomic E-state index is 0.0485. The molecule has 7 nitrogen and oxygen atoms in total. The van der Waals surface area contributed by atoms with Crippen molar-refractivity contribution in [2.45, 2.75) is 32.7 Å². The third-order valence-electron chi connectivity index (χ3n) is 5.49. The van der Waals surface area contributed by atoms with Gasteiger partial charge in [0.15, 0.2) is 0 Å². The number of piperidine rings is 1. The zero-order chi connectivity index (χ0) is 19.7. The number of amides is 1. The SMILES string of the molecule is CC(C)N1CCC(C(=O)Nc2cc3cc(-c4cnn(C)c4)cnc3cn2)CC1. The highest BCUT2D eigenvalue weighted by molar-refractivity contribution is 5.94. The van der Waals surface area contributed by atoms with Gasteiger partial charge in [0.2, 0.25) is 5.91 Å². The Bertz CT molecular complexity index is 987. The van der Waals surface area contributed by atoms with E-state index >= 15 is 0 Å². The molecule has 0 saturated carbocycles. The molecule has 1 N–H and O–H groups in total. The van der Waals surface area contributed by atoms with Crippen LogP contribution in [0.25, 0.3) is 22.0 Å². The summed E-state index contributed by atoms with van der Waals surface area (Å²) in [4.78, 5) is 23.9. The zero-order valence-electron chi connectivity index (χ0n) is 16.6. The molecule has 0 spiro atoms. The summed E-state index contributed by atoms with van der Waals surface area (Å²) in [5.74, 6) is 0.688. The number of carbonyl (C=O) groups is 1. The van der Waals surface area contributed by atoms with Crippen LogP contribution in [0, 0.1) is 5.92 Å². The summed E-state index contributed by atoms with van der Waals surface area (Å²) >= 11 is 0. The maximum atomic E-state index is 12.7. The highest BCUT2D eigenvalue weighted by Crippen LogP contribution is 2.24. The van der Waals surface area contributed by atoms with Crippen molar-refractivity contribution in [1.29, 1.82) is 0 Å². The number of anilines is 1. The van der Waals surface area contributed by atoms with E-state index in [-0.39, 0.29) is 11.8 Å².